The van der Waals surface area contributed by atoms with E-state index in [1.165, 1.54) is 6.33 Å². The number of carbonyl (C=O) groups is 1. The fraction of sp³-hybridized carbons (Fsp3) is 0.235. The fourth-order valence-corrected chi connectivity index (χ4v) is 3.60. The molecule has 3 aromatic rings. The van der Waals surface area contributed by atoms with Gasteiger partial charge in [-0.3, -0.25) is 4.79 Å². The molecule has 4 heterocycles. The van der Waals surface area contributed by atoms with Gasteiger partial charge in [0.2, 0.25) is 5.95 Å². The number of anilines is 1. The molecule has 3 aromatic heterocycles. The topological polar surface area (TPSA) is 86.1 Å². The lowest BCUT2D eigenvalue weighted by molar-refractivity contribution is -0.123. The van der Waals surface area contributed by atoms with Crippen molar-refractivity contribution in [2.24, 2.45) is 5.92 Å². The van der Waals surface area contributed by atoms with Crippen LogP contribution in [0.3, 0.4) is 0 Å². The molecule has 0 saturated heterocycles. The van der Waals surface area contributed by atoms with E-state index in [1.54, 1.807) is 17.2 Å². The summed E-state index contributed by atoms with van der Waals surface area (Å²) in [6, 6.07) is 7.09. The number of ketones is 1. The molecule has 7 nitrogen and oxygen atoms in total. The van der Waals surface area contributed by atoms with Crippen molar-refractivity contribution in [1.29, 1.82) is 0 Å². The molecule has 0 amide bonds. The van der Waals surface area contributed by atoms with Crippen LogP contribution in [0, 0.1) is 5.92 Å². The van der Waals surface area contributed by atoms with Gasteiger partial charge in [-0.2, -0.15) is 10.1 Å². The van der Waals surface area contributed by atoms with E-state index in [4.69, 9.17) is 8.83 Å². The Labute approximate surface area is 137 Å². The number of nitrogens with zero attached hydrogens (tertiary/aromatic N) is 3. The summed E-state index contributed by atoms with van der Waals surface area (Å²) >= 11 is 0. The lowest BCUT2D eigenvalue weighted by Crippen LogP contribution is -2.39. The summed E-state index contributed by atoms with van der Waals surface area (Å²) in [7, 11) is 0. The van der Waals surface area contributed by atoms with Gasteiger partial charge in [0.1, 0.15) is 29.7 Å². The molecule has 0 bridgehead atoms. The number of nitrogens with one attached hydrogen (secondary N) is 1. The van der Waals surface area contributed by atoms with Gasteiger partial charge < -0.3 is 14.2 Å². The van der Waals surface area contributed by atoms with E-state index in [0.29, 0.717) is 18.1 Å². The zero-order valence-corrected chi connectivity index (χ0v) is 12.6. The Kier molecular flexibility index (Phi) is 2.76. The molecule has 5 rings (SSSR count). The molecular weight excluding hydrogens is 308 g/mol. The number of fused-ring (bicyclic) bond motifs is 2. The largest absolute Gasteiger partial charge is 0.469 e. The van der Waals surface area contributed by atoms with Gasteiger partial charge in [-0.05, 0) is 24.3 Å². The molecule has 0 fully saturated rings. The molecule has 0 aromatic carbocycles. The number of aromatic nitrogens is 3. The number of Topliss-reactive ketones (excluding diaryl/α,β-unsaturated/α-hetero) is 1. The van der Waals surface area contributed by atoms with Gasteiger partial charge in [0, 0.05) is 18.0 Å². The molecule has 0 saturated carbocycles. The van der Waals surface area contributed by atoms with Crippen LogP contribution in [0.1, 0.15) is 29.9 Å². The number of carbonyl (C=O) groups excluding carboxylic acids is 1. The maximum absolute atomic E-state index is 12.9. The molecule has 2 aliphatic rings. The van der Waals surface area contributed by atoms with Crippen LogP contribution in [0.4, 0.5) is 5.95 Å². The molecule has 0 unspecified atom stereocenters. The Morgan fingerprint density at radius 1 is 1.17 bits per heavy atom. The standard InChI is InChI=1S/C17H14N4O3/c22-12-8-10(13-3-1-5-23-13)7-11-15(12)16(14-4-2-6-24-14)21-17(20-11)18-9-19-21/h1-7,9-10,15-16H,8H2,(H,18,19,20)/t10-,15+,16+/m0/s1. The van der Waals surface area contributed by atoms with E-state index in [1.807, 2.05) is 24.3 Å². The third kappa shape index (κ3) is 1.87. The van der Waals surface area contributed by atoms with Crippen LogP contribution in [0.25, 0.3) is 0 Å². The van der Waals surface area contributed by atoms with E-state index in [0.717, 1.165) is 11.5 Å². The second-order valence-corrected chi connectivity index (χ2v) is 6.01. The van der Waals surface area contributed by atoms with Crippen LogP contribution in [-0.4, -0.2) is 20.5 Å². The first-order valence-electron chi connectivity index (χ1n) is 7.79. The monoisotopic (exact) mass is 322 g/mol. The molecule has 1 aliphatic heterocycles. The SMILES string of the molecule is O=C1C[C@@H](c2ccco2)C=C2Nc3ncnn3[C@H](c3ccco3)[C@@H]12. The lowest BCUT2D eigenvalue weighted by Gasteiger charge is -2.36. The van der Waals surface area contributed by atoms with Crippen molar-refractivity contribution in [2.45, 2.75) is 18.4 Å². The normalized spacial score (nSPS) is 25.6. The van der Waals surface area contributed by atoms with Gasteiger partial charge >= 0.3 is 0 Å². The van der Waals surface area contributed by atoms with Crippen LogP contribution in [0.5, 0.6) is 0 Å². The summed E-state index contributed by atoms with van der Waals surface area (Å²) < 4.78 is 12.8. The molecule has 120 valence electrons. The van der Waals surface area contributed by atoms with E-state index < -0.39 is 0 Å². The van der Waals surface area contributed by atoms with Gasteiger partial charge in [-0.1, -0.05) is 6.08 Å². The van der Waals surface area contributed by atoms with Crippen LogP contribution in [-0.2, 0) is 4.79 Å². The van der Waals surface area contributed by atoms with Gasteiger partial charge in [-0.15, -0.1) is 0 Å². The van der Waals surface area contributed by atoms with E-state index in [-0.39, 0.29) is 23.7 Å². The van der Waals surface area contributed by atoms with Crippen molar-refractivity contribution in [3.63, 3.8) is 0 Å². The van der Waals surface area contributed by atoms with Crippen LogP contribution in [0.2, 0.25) is 0 Å². The van der Waals surface area contributed by atoms with E-state index in [2.05, 4.69) is 21.5 Å². The van der Waals surface area contributed by atoms with Crippen molar-refractivity contribution in [1.82, 2.24) is 14.8 Å². The highest BCUT2D eigenvalue weighted by atomic mass is 16.3. The summed E-state index contributed by atoms with van der Waals surface area (Å²) in [5.74, 6) is 1.78. The van der Waals surface area contributed by atoms with Gasteiger partial charge in [-0.25, -0.2) is 4.68 Å². The van der Waals surface area contributed by atoms with Crippen LogP contribution < -0.4 is 5.32 Å². The lowest BCUT2D eigenvalue weighted by atomic mass is 9.78. The Hall–Kier alpha value is -3.09. The van der Waals surface area contributed by atoms with Crippen molar-refractivity contribution in [3.05, 3.63) is 66.4 Å². The number of furan rings is 2. The zero-order valence-electron chi connectivity index (χ0n) is 12.6. The first kappa shape index (κ1) is 13.4. The zero-order chi connectivity index (χ0) is 16.1. The minimum atomic E-state index is -0.364. The van der Waals surface area contributed by atoms with E-state index >= 15 is 0 Å². The first-order valence-corrected chi connectivity index (χ1v) is 7.79. The molecule has 1 N–H and O–H groups in total. The summed E-state index contributed by atoms with van der Waals surface area (Å²) in [6.45, 7) is 0. The number of hydrogen-bond donors (Lipinski definition) is 1. The minimum Gasteiger partial charge on any atom is -0.469 e. The van der Waals surface area contributed by atoms with Crippen LogP contribution >= 0.6 is 0 Å². The van der Waals surface area contributed by atoms with Crippen molar-refractivity contribution in [2.75, 3.05) is 5.32 Å². The highest BCUT2D eigenvalue weighted by molar-refractivity contribution is 5.88. The number of allylic oxidation sites excluding steroid dienone is 2. The maximum Gasteiger partial charge on any atom is 0.226 e. The van der Waals surface area contributed by atoms with Crippen molar-refractivity contribution >= 4 is 11.7 Å². The molecule has 7 heteroatoms. The highest BCUT2D eigenvalue weighted by Gasteiger charge is 2.44. The average Bonchev–Trinajstić information content (AvgIpc) is 3.33. The summed E-state index contributed by atoms with van der Waals surface area (Å²) in [5, 5.41) is 7.51. The second-order valence-electron chi connectivity index (χ2n) is 6.01. The molecule has 24 heavy (non-hydrogen) atoms. The van der Waals surface area contributed by atoms with Crippen molar-refractivity contribution in [3.8, 4) is 0 Å². The predicted octanol–water partition coefficient (Wildman–Crippen LogP) is 2.74. The third-order valence-corrected chi connectivity index (χ3v) is 4.64. The number of hydrogen-bond acceptors (Lipinski definition) is 6. The average molecular weight is 322 g/mol. The Balaban J connectivity index is 1.64. The third-order valence-electron chi connectivity index (χ3n) is 4.64. The van der Waals surface area contributed by atoms with Gasteiger partial charge in [0.25, 0.3) is 0 Å². The van der Waals surface area contributed by atoms with Gasteiger partial charge in [0.05, 0.1) is 18.4 Å². The smallest absolute Gasteiger partial charge is 0.226 e. The number of rotatable bonds is 2. The molecule has 0 radical (unpaired) electrons. The Bertz CT molecular complexity index is 908. The maximum atomic E-state index is 12.9. The summed E-state index contributed by atoms with van der Waals surface area (Å²) in [5.41, 5.74) is 0.828. The highest BCUT2D eigenvalue weighted by Crippen LogP contribution is 2.43. The Morgan fingerprint density at radius 2 is 1.96 bits per heavy atom. The summed E-state index contributed by atoms with van der Waals surface area (Å²) in [6.07, 6.45) is 7.16. The first-order chi connectivity index (χ1) is 11.8. The van der Waals surface area contributed by atoms with E-state index in [9.17, 15) is 4.79 Å². The van der Waals surface area contributed by atoms with Gasteiger partial charge in [0.15, 0.2) is 0 Å². The van der Waals surface area contributed by atoms with Crippen molar-refractivity contribution < 1.29 is 13.6 Å². The minimum absolute atomic E-state index is 0.0713. The quantitative estimate of drug-likeness (QED) is 0.781. The fourth-order valence-electron chi connectivity index (χ4n) is 3.60. The second kappa shape index (κ2) is 4.95. The predicted molar refractivity (Wildman–Crippen MR) is 83.1 cm³/mol. The molecule has 3 atom stereocenters. The summed E-state index contributed by atoms with van der Waals surface area (Å²) in [4.78, 5) is 17.2. The molecule has 0 spiro atoms. The van der Waals surface area contributed by atoms with Crippen LogP contribution in [0.15, 0.2) is 63.7 Å². The Morgan fingerprint density at radius 3 is 2.71 bits per heavy atom. The molecular formula is C17H14N4O3. The molecule has 1 aliphatic carbocycles.